The summed E-state index contributed by atoms with van der Waals surface area (Å²) in [7, 11) is 0. The second-order valence-corrected chi connectivity index (χ2v) is 14.8. The number of rotatable bonds is 8. The monoisotopic (exact) mass is 548 g/mol. The number of aliphatic hydroxyl groups excluding tert-OH is 4. The van der Waals surface area contributed by atoms with Crippen LogP contribution in [0.5, 0.6) is 0 Å². The number of hydrogen-bond donors (Lipinski definition) is 4. The van der Waals surface area contributed by atoms with Crippen molar-refractivity contribution in [3.05, 3.63) is 11.6 Å². The van der Waals surface area contributed by atoms with Gasteiger partial charge < -0.3 is 29.9 Å². The van der Waals surface area contributed by atoms with Crippen LogP contribution < -0.4 is 0 Å². The molecule has 1 saturated heterocycles. The molecular weight excluding hydrogens is 492 g/mol. The molecular formula is C33H56O6. The SMILES string of the molecule is CCC(C)CCC(C)C1CCC2C3CC=C4CC(OC5OC(CO)C(O)C(O)C5O)CCC4(C)C3CCC12C. The molecule has 224 valence electrons. The lowest BCUT2D eigenvalue weighted by atomic mass is 9.47. The third-order valence-corrected chi connectivity index (χ3v) is 12.8. The minimum absolute atomic E-state index is 0.0987. The van der Waals surface area contributed by atoms with Gasteiger partial charge in [0.2, 0.25) is 0 Å². The number of hydrogen-bond acceptors (Lipinski definition) is 6. The summed E-state index contributed by atoms with van der Waals surface area (Å²) in [5.74, 6) is 4.89. The summed E-state index contributed by atoms with van der Waals surface area (Å²) in [6.45, 7) is 12.0. The first-order valence-corrected chi connectivity index (χ1v) is 16.2. The Kier molecular flexibility index (Phi) is 8.95. The van der Waals surface area contributed by atoms with Crippen molar-refractivity contribution in [3.8, 4) is 0 Å². The van der Waals surface area contributed by atoms with E-state index < -0.39 is 37.3 Å². The Balaban J connectivity index is 1.25. The molecule has 14 unspecified atom stereocenters. The zero-order chi connectivity index (χ0) is 28.1. The van der Waals surface area contributed by atoms with Crippen LogP contribution in [0.1, 0.15) is 105 Å². The van der Waals surface area contributed by atoms with E-state index in [1.54, 1.807) is 0 Å². The summed E-state index contributed by atoms with van der Waals surface area (Å²) in [5, 5.41) is 40.3. The lowest BCUT2D eigenvalue weighted by molar-refractivity contribution is -0.313. The molecule has 0 spiro atoms. The summed E-state index contributed by atoms with van der Waals surface area (Å²) in [4.78, 5) is 0. The minimum Gasteiger partial charge on any atom is -0.394 e. The molecule has 5 rings (SSSR count). The molecule has 0 aromatic carbocycles. The Morgan fingerprint density at radius 2 is 1.74 bits per heavy atom. The van der Waals surface area contributed by atoms with Crippen molar-refractivity contribution in [1.82, 2.24) is 0 Å². The third-order valence-electron chi connectivity index (χ3n) is 12.8. The molecule has 6 nitrogen and oxygen atoms in total. The molecule has 1 heterocycles. The van der Waals surface area contributed by atoms with Gasteiger partial charge in [0.15, 0.2) is 6.29 Å². The summed E-state index contributed by atoms with van der Waals surface area (Å²) in [6.07, 6.45) is 9.91. The van der Waals surface area contributed by atoms with Crippen LogP contribution >= 0.6 is 0 Å². The highest BCUT2D eigenvalue weighted by atomic mass is 16.7. The van der Waals surface area contributed by atoms with E-state index in [-0.39, 0.29) is 11.5 Å². The van der Waals surface area contributed by atoms with Gasteiger partial charge in [0.05, 0.1) is 12.7 Å². The molecule has 4 N–H and O–H groups in total. The van der Waals surface area contributed by atoms with Gasteiger partial charge >= 0.3 is 0 Å². The molecule has 4 fully saturated rings. The van der Waals surface area contributed by atoms with Crippen LogP contribution in [-0.4, -0.2) is 63.8 Å². The number of ether oxygens (including phenoxy) is 2. The number of allylic oxidation sites excluding steroid dienone is 1. The maximum Gasteiger partial charge on any atom is 0.186 e. The summed E-state index contributed by atoms with van der Waals surface area (Å²) in [6, 6.07) is 0. The molecule has 1 aliphatic heterocycles. The molecule has 14 atom stereocenters. The number of aliphatic hydroxyl groups is 4. The van der Waals surface area contributed by atoms with Crippen molar-refractivity contribution < 1.29 is 29.9 Å². The smallest absolute Gasteiger partial charge is 0.186 e. The zero-order valence-electron chi connectivity index (χ0n) is 25.1. The van der Waals surface area contributed by atoms with Crippen LogP contribution in [0.25, 0.3) is 0 Å². The fourth-order valence-corrected chi connectivity index (χ4v) is 10.0. The summed E-state index contributed by atoms with van der Waals surface area (Å²) >= 11 is 0. The first-order chi connectivity index (χ1) is 18.5. The first kappa shape index (κ1) is 30.0. The topological polar surface area (TPSA) is 99.4 Å². The number of fused-ring (bicyclic) bond motifs is 5. The van der Waals surface area contributed by atoms with Gasteiger partial charge in [-0.2, -0.15) is 0 Å². The predicted molar refractivity (Wildman–Crippen MR) is 152 cm³/mol. The summed E-state index contributed by atoms with van der Waals surface area (Å²) < 4.78 is 11.9. The third kappa shape index (κ3) is 5.29. The normalized spacial score (nSPS) is 49.4. The Morgan fingerprint density at radius 1 is 0.974 bits per heavy atom. The van der Waals surface area contributed by atoms with Crippen molar-refractivity contribution in [2.24, 2.45) is 46.3 Å². The van der Waals surface area contributed by atoms with Crippen molar-refractivity contribution in [2.45, 2.75) is 142 Å². The van der Waals surface area contributed by atoms with Crippen LogP contribution in [0.15, 0.2) is 11.6 Å². The van der Waals surface area contributed by atoms with E-state index in [1.165, 1.54) is 56.9 Å². The highest BCUT2D eigenvalue weighted by Crippen LogP contribution is 2.67. The van der Waals surface area contributed by atoms with E-state index in [0.29, 0.717) is 5.41 Å². The fraction of sp³-hybridized carbons (Fsp3) is 0.939. The largest absolute Gasteiger partial charge is 0.394 e. The van der Waals surface area contributed by atoms with Crippen LogP contribution in [0.2, 0.25) is 0 Å². The van der Waals surface area contributed by atoms with Gasteiger partial charge in [-0.05, 0) is 97.7 Å². The average Bonchev–Trinajstić information content (AvgIpc) is 3.29. The average molecular weight is 549 g/mol. The van der Waals surface area contributed by atoms with Crippen molar-refractivity contribution in [1.29, 1.82) is 0 Å². The second-order valence-electron chi connectivity index (χ2n) is 14.8. The van der Waals surface area contributed by atoms with E-state index >= 15 is 0 Å². The van der Waals surface area contributed by atoms with Gasteiger partial charge in [-0.1, -0.05) is 65.5 Å². The molecule has 0 bridgehead atoms. The molecule has 5 aliphatic rings. The predicted octanol–water partition coefficient (Wildman–Crippen LogP) is 5.21. The zero-order valence-corrected chi connectivity index (χ0v) is 25.1. The Labute approximate surface area is 236 Å². The minimum atomic E-state index is -1.39. The van der Waals surface area contributed by atoms with Crippen molar-refractivity contribution >= 4 is 0 Å². The van der Waals surface area contributed by atoms with E-state index in [9.17, 15) is 20.4 Å². The van der Waals surface area contributed by atoms with E-state index in [1.807, 2.05) is 0 Å². The van der Waals surface area contributed by atoms with Crippen LogP contribution in [0.3, 0.4) is 0 Å². The molecule has 4 aliphatic carbocycles. The molecule has 39 heavy (non-hydrogen) atoms. The van der Waals surface area contributed by atoms with Gasteiger partial charge in [-0.15, -0.1) is 0 Å². The molecule has 3 saturated carbocycles. The molecule has 0 aromatic rings. The van der Waals surface area contributed by atoms with Gasteiger partial charge in [0.25, 0.3) is 0 Å². The highest BCUT2D eigenvalue weighted by molar-refractivity contribution is 5.25. The lowest BCUT2D eigenvalue weighted by Crippen LogP contribution is -2.60. The van der Waals surface area contributed by atoms with Gasteiger partial charge in [-0.3, -0.25) is 0 Å². The molecule has 0 aromatic heterocycles. The Hall–Kier alpha value is -0.500. The van der Waals surface area contributed by atoms with Crippen molar-refractivity contribution in [2.75, 3.05) is 6.61 Å². The molecule has 6 heteroatoms. The highest BCUT2D eigenvalue weighted by Gasteiger charge is 2.59. The van der Waals surface area contributed by atoms with E-state index in [0.717, 1.165) is 54.8 Å². The Morgan fingerprint density at radius 3 is 2.46 bits per heavy atom. The molecule has 0 radical (unpaired) electrons. The molecule has 0 amide bonds. The van der Waals surface area contributed by atoms with Crippen LogP contribution in [-0.2, 0) is 9.47 Å². The fourth-order valence-electron chi connectivity index (χ4n) is 10.0. The quantitative estimate of drug-likeness (QED) is 0.311. The van der Waals surface area contributed by atoms with Gasteiger partial charge in [0, 0.05) is 0 Å². The maximum absolute atomic E-state index is 10.5. The summed E-state index contributed by atoms with van der Waals surface area (Å²) in [5.41, 5.74) is 2.20. The Bertz CT molecular complexity index is 874. The van der Waals surface area contributed by atoms with Crippen LogP contribution in [0, 0.1) is 46.3 Å². The first-order valence-electron chi connectivity index (χ1n) is 16.2. The maximum atomic E-state index is 10.5. The lowest BCUT2D eigenvalue weighted by Gasteiger charge is -2.58. The standard InChI is InChI=1S/C33H56O6/c1-6-19(2)7-8-20(3)24-11-12-25-23-10-9-21-17-22(13-15-32(21,4)26(23)14-16-33(24,25)5)38-31-30(37)29(36)28(35)27(18-34)39-31/h9,19-20,22-31,34-37H,6-8,10-18H2,1-5H3. The van der Waals surface area contributed by atoms with E-state index in [2.05, 4.69) is 40.7 Å². The second kappa shape index (κ2) is 11.6. The van der Waals surface area contributed by atoms with Crippen LogP contribution in [0.4, 0.5) is 0 Å². The van der Waals surface area contributed by atoms with Crippen molar-refractivity contribution in [3.63, 3.8) is 0 Å². The van der Waals surface area contributed by atoms with Gasteiger partial charge in [0.1, 0.15) is 24.4 Å². The van der Waals surface area contributed by atoms with E-state index in [4.69, 9.17) is 9.47 Å². The van der Waals surface area contributed by atoms with Gasteiger partial charge in [-0.25, -0.2) is 0 Å².